The molecule has 1 unspecified atom stereocenters. The molecule has 0 radical (unpaired) electrons. The first-order chi connectivity index (χ1) is 12.3. The van der Waals surface area contributed by atoms with Gasteiger partial charge in [-0.15, -0.1) is 0 Å². The largest absolute Gasteiger partial charge is 0.507 e. The maximum Gasteiger partial charge on any atom is 0.339 e. The van der Waals surface area contributed by atoms with Crippen molar-refractivity contribution in [3.63, 3.8) is 0 Å². The van der Waals surface area contributed by atoms with Crippen molar-refractivity contribution in [1.29, 1.82) is 0 Å². The molecule has 0 saturated heterocycles. The standard InChI is InChI=1S/C22H30O4/c1-5-6-7-10-16-14-18(23)17-11-13-22(4,12-8-9-15(2)3)26-20(17)19(16)21(24)25/h9,11,13-14,23H,5-8,10,12H2,1-4H3,(H,24,25). The molecule has 0 bridgehead atoms. The van der Waals surface area contributed by atoms with Gasteiger partial charge in [0.15, 0.2) is 0 Å². The summed E-state index contributed by atoms with van der Waals surface area (Å²) in [5.41, 5.74) is 1.95. The second kappa shape index (κ2) is 8.43. The van der Waals surface area contributed by atoms with E-state index in [0.717, 1.165) is 32.1 Å². The lowest BCUT2D eigenvalue weighted by Crippen LogP contribution is -2.33. The van der Waals surface area contributed by atoms with Gasteiger partial charge in [-0.3, -0.25) is 0 Å². The topological polar surface area (TPSA) is 66.8 Å². The van der Waals surface area contributed by atoms with Gasteiger partial charge in [0.2, 0.25) is 0 Å². The first-order valence-electron chi connectivity index (χ1n) is 9.41. The molecule has 0 aromatic heterocycles. The third-order valence-electron chi connectivity index (χ3n) is 4.77. The Morgan fingerprint density at radius 2 is 2.04 bits per heavy atom. The van der Waals surface area contributed by atoms with Crippen molar-refractivity contribution in [2.45, 2.75) is 71.8 Å². The number of unbranched alkanes of at least 4 members (excludes halogenated alkanes) is 2. The Labute approximate surface area is 156 Å². The molecular weight excluding hydrogens is 328 g/mol. The van der Waals surface area contributed by atoms with Crippen LogP contribution in [0.3, 0.4) is 0 Å². The number of rotatable bonds is 8. The van der Waals surface area contributed by atoms with Crippen LogP contribution in [0.25, 0.3) is 6.08 Å². The van der Waals surface area contributed by atoms with E-state index in [9.17, 15) is 15.0 Å². The lowest BCUT2D eigenvalue weighted by atomic mass is 9.90. The van der Waals surface area contributed by atoms with Gasteiger partial charge in [-0.05, 0) is 70.2 Å². The zero-order chi connectivity index (χ0) is 19.3. The van der Waals surface area contributed by atoms with Gasteiger partial charge in [0.05, 0.1) is 5.56 Å². The Morgan fingerprint density at radius 3 is 2.65 bits per heavy atom. The van der Waals surface area contributed by atoms with E-state index in [0.29, 0.717) is 23.3 Å². The molecular formula is C22H30O4. The molecule has 1 atom stereocenters. The zero-order valence-electron chi connectivity index (χ0n) is 16.3. The Bertz CT molecular complexity index is 726. The molecule has 142 valence electrons. The molecule has 0 aliphatic carbocycles. The van der Waals surface area contributed by atoms with Gasteiger partial charge >= 0.3 is 5.97 Å². The maximum atomic E-state index is 12.0. The van der Waals surface area contributed by atoms with Crippen molar-refractivity contribution < 1.29 is 19.7 Å². The third kappa shape index (κ3) is 4.69. The number of fused-ring (bicyclic) bond motifs is 1. The summed E-state index contributed by atoms with van der Waals surface area (Å²) in [6.07, 6.45) is 11.0. The molecule has 0 saturated carbocycles. The molecule has 1 aliphatic rings. The van der Waals surface area contributed by atoms with Crippen LogP contribution in [0, 0.1) is 0 Å². The van der Waals surface area contributed by atoms with Crippen LogP contribution in [-0.2, 0) is 6.42 Å². The number of phenolic OH excluding ortho intramolecular Hbond substituents is 1. The lowest BCUT2D eigenvalue weighted by Gasteiger charge is -2.33. The number of benzene rings is 1. The van der Waals surface area contributed by atoms with Crippen LogP contribution < -0.4 is 4.74 Å². The molecule has 2 rings (SSSR count). The summed E-state index contributed by atoms with van der Waals surface area (Å²) < 4.78 is 6.16. The number of carboxylic acid groups (broad SMARTS) is 1. The second-order valence-electron chi connectivity index (χ2n) is 7.50. The van der Waals surface area contributed by atoms with Crippen molar-refractivity contribution in [2.24, 2.45) is 0 Å². The number of aryl methyl sites for hydroxylation is 1. The average molecular weight is 358 g/mol. The summed E-state index contributed by atoms with van der Waals surface area (Å²) in [4.78, 5) is 12.0. The van der Waals surface area contributed by atoms with Gasteiger partial charge in [-0.25, -0.2) is 4.79 Å². The molecule has 0 spiro atoms. The Morgan fingerprint density at radius 1 is 1.31 bits per heavy atom. The summed E-state index contributed by atoms with van der Waals surface area (Å²) in [5, 5.41) is 20.2. The molecule has 2 N–H and O–H groups in total. The first-order valence-corrected chi connectivity index (χ1v) is 9.41. The average Bonchev–Trinajstić information content (AvgIpc) is 2.54. The number of hydrogen-bond donors (Lipinski definition) is 2. The summed E-state index contributed by atoms with van der Waals surface area (Å²) in [7, 11) is 0. The first kappa shape index (κ1) is 20.1. The summed E-state index contributed by atoms with van der Waals surface area (Å²) in [6.45, 7) is 8.17. The molecule has 0 amide bonds. The van der Waals surface area contributed by atoms with Gasteiger partial charge in [0.1, 0.15) is 22.7 Å². The molecule has 1 heterocycles. The number of allylic oxidation sites excluding steroid dienone is 2. The van der Waals surface area contributed by atoms with E-state index in [1.807, 2.05) is 13.0 Å². The number of aromatic hydroxyl groups is 1. The predicted octanol–water partition coefficient (Wildman–Crippen LogP) is 5.73. The smallest absolute Gasteiger partial charge is 0.339 e. The lowest BCUT2D eigenvalue weighted by molar-refractivity contribution is 0.0678. The van der Waals surface area contributed by atoms with Crippen molar-refractivity contribution in [1.82, 2.24) is 0 Å². The third-order valence-corrected chi connectivity index (χ3v) is 4.77. The molecule has 4 heteroatoms. The van der Waals surface area contributed by atoms with E-state index in [1.165, 1.54) is 5.57 Å². The fourth-order valence-electron chi connectivity index (χ4n) is 3.28. The number of phenols is 1. The maximum absolute atomic E-state index is 12.0. The molecule has 1 aromatic rings. The zero-order valence-corrected chi connectivity index (χ0v) is 16.3. The van der Waals surface area contributed by atoms with Gasteiger partial charge in [-0.1, -0.05) is 31.4 Å². The number of carboxylic acids is 1. The van der Waals surface area contributed by atoms with Crippen LogP contribution in [0.15, 0.2) is 23.8 Å². The predicted molar refractivity (Wildman–Crippen MR) is 105 cm³/mol. The van der Waals surface area contributed by atoms with Crippen LogP contribution in [0.5, 0.6) is 11.5 Å². The summed E-state index contributed by atoms with van der Waals surface area (Å²) >= 11 is 0. The minimum Gasteiger partial charge on any atom is -0.507 e. The molecule has 1 aromatic carbocycles. The summed E-state index contributed by atoms with van der Waals surface area (Å²) in [6, 6.07) is 1.58. The van der Waals surface area contributed by atoms with E-state index in [4.69, 9.17) is 4.74 Å². The minimum absolute atomic E-state index is 0.0825. The van der Waals surface area contributed by atoms with E-state index >= 15 is 0 Å². The number of ether oxygens (including phenoxy) is 1. The van der Waals surface area contributed by atoms with Crippen LogP contribution in [0.1, 0.15) is 81.3 Å². The number of hydrogen-bond acceptors (Lipinski definition) is 3. The van der Waals surface area contributed by atoms with E-state index in [2.05, 4.69) is 26.8 Å². The van der Waals surface area contributed by atoms with Gasteiger partial charge < -0.3 is 14.9 Å². The van der Waals surface area contributed by atoms with Crippen LogP contribution in [0.2, 0.25) is 0 Å². The number of carbonyl (C=O) groups is 1. The highest BCUT2D eigenvalue weighted by atomic mass is 16.5. The molecule has 1 aliphatic heterocycles. The van der Waals surface area contributed by atoms with Crippen molar-refractivity contribution >= 4 is 12.0 Å². The van der Waals surface area contributed by atoms with Crippen LogP contribution >= 0.6 is 0 Å². The van der Waals surface area contributed by atoms with E-state index in [1.54, 1.807) is 12.1 Å². The normalized spacial score (nSPS) is 18.2. The van der Waals surface area contributed by atoms with Gasteiger partial charge in [-0.2, -0.15) is 0 Å². The van der Waals surface area contributed by atoms with Crippen molar-refractivity contribution in [2.75, 3.05) is 0 Å². The summed E-state index contributed by atoms with van der Waals surface area (Å²) in [5.74, 6) is -0.625. The van der Waals surface area contributed by atoms with Crippen LogP contribution in [-0.4, -0.2) is 21.8 Å². The Hall–Kier alpha value is -2.23. The highest BCUT2D eigenvalue weighted by Crippen LogP contribution is 2.42. The number of aromatic carboxylic acids is 1. The monoisotopic (exact) mass is 358 g/mol. The SMILES string of the molecule is CCCCCc1cc(O)c2c(c1C(=O)O)OC(C)(CCC=C(C)C)C=C2. The highest BCUT2D eigenvalue weighted by molar-refractivity contribution is 5.95. The van der Waals surface area contributed by atoms with Crippen molar-refractivity contribution in [3.8, 4) is 11.5 Å². The fourth-order valence-corrected chi connectivity index (χ4v) is 3.28. The van der Waals surface area contributed by atoms with Gasteiger partial charge in [0.25, 0.3) is 0 Å². The van der Waals surface area contributed by atoms with E-state index in [-0.39, 0.29) is 11.3 Å². The molecule has 26 heavy (non-hydrogen) atoms. The molecule has 4 nitrogen and oxygen atoms in total. The van der Waals surface area contributed by atoms with Crippen LogP contribution in [0.4, 0.5) is 0 Å². The van der Waals surface area contributed by atoms with E-state index < -0.39 is 11.6 Å². The highest BCUT2D eigenvalue weighted by Gasteiger charge is 2.32. The Balaban J connectivity index is 2.39. The quantitative estimate of drug-likeness (QED) is 0.460. The Kier molecular flexibility index (Phi) is 6.52. The second-order valence-corrected chi connectivity index (χ2v) is 7.50. The minimum atomic E-state index is -1.00. The fraction of sp³-hybridized carbons (Fsp3) is 0.500. The molecule has 0 fully saturated rings. The van der Waals surface area contributed by atoms with Gasteiger partial charge in [0, 0.05) is 0 Å². The van der Waals surface area contributed by atoms with Crippen molar-refractivity contribution in [3.05, 3.63) is 40.5 Å².